The molecule has 0 aliphatic heterocycles. The topological polar surface area (TPSA) is 75.6 Å². The molecule has 0 fully saturated rings. The summed E-state index contributed by atoms with van der Waals surface area (Å²) in [6, 6.07) is 0. The third kappa shape index (κ3) is 5.53. The van der Waals surface area contributed by atoms with Crippen molar-refractivity contribution in [3.8, 4) is 0 Å². The summed E-state index contributed by atoms with van der Waals surface area (Å²) in [6.07, 6.45) is 0. The molecule has 2 N–H and O–H groups in total. The Morgan fingerprint density at radius 2 is 1.93 bits per heavy atom. The van der Waals surface area contributed by atoms with E-state index >= 15 is 0 Å². The maximum atomic E-state index is 11.1. The van der Waals surface area contributed by atoms with Crippen LogP contribution in [0.1, 0.15) is 27.7 Å². The first kappa shape index (κ1) is 12.9. The number of nitrogens with one attached hydrogen (secondary N) is 1. The van der Waals surface area contributed by atoms with Crippen molar-refractivity contribution in [1.29, 1.82) is 0 Å². The van der Waals surface area contributed by atoms with E-state index in [4.69, 9.17) is 9.94 Å². The number of carboxylic acids is 1. The van der Waals surface area contributed by atoms with Crippen LogP contribution >= 0.6 is 0 Å². The van der Waals surface area contributed by atoms with Crippen molar-refractivity contribution in [2.45, 2.75) is 27.7 Å². The van der Waals surface area contributed by atoms with Gasteiger partial charge in [0.2, 0.25) is 0 Å². The normalized spacial score (nSPS) is 13.4. The number of carbonyl (C=O) groups excluding carboxylic acids is 1. The van der Waals surface area contributed by atoms with Crippen LogP contribution < -0.4 is 5.48 Å². The number of hydrogen-bond acceptors (Lipinski definition) is 3. The summed E-state index contributed by atoms with van der Waals surface area (Å²) in [5, 5.41) is 8.50. The van der Waals surface area contributed by atoms with E-state index in [1.165, 1.54) is 6.92 Å². The minimum atomic E-state index is -1.16. The molecule has 0 aromatic rings. The molecule has 0 saturated carbocycles. The Balaban J connectivity index is 3.81. The fraction of sp³-hybridized carbons (Fsp3) is 0.778. The van der Waals surface area contributed by atoms with Crippen molar-refractivity contribution >= 4 is 11.9 Å². The minimum Gasteiger partial charge on any atom is -0.481 e. The lowest BCUT2D eigenvalue weighted by molar-refractivity contribution is -0.152. The van der Waals surface area contributed by atoms with Gasteiger partial charge in [0.25, 0.3) is 5.91 Å². The zero-order chi connectivity index (χ0) is 11.4. The van der Waals surface area contributed by atoms with Crippen LogP contribution in [-0.4, -0.2) is 23.6 Å². The molecule has 0 saturated heterocycles. The lowest BCUT2D eigenvalue weighted by atomic mass is 9.99. The molecule has 82 valence electrons. The molecule has 0 rings (SSSR count). The molecule has 1 unspecified atom stereocenters. The second-order valence-corrected chi connectivity index (χ2v) is 4.38. The van der Waals surface area contributed by atoms with E-state index in [0.717, 1.165) is 0 Å². The van der Waals surface area contributed by atoms with Gasteiger partial charge in [0.05, 0.1) is 6.61 Å². The summed E-state index contributed by atoms with van der Waals surface area (Å²) < 4.78 is 0. The number of hydrogen-bond donors (Lipinski definition) is 2. The molecule has 0 radical (unpaired) electrons. The molecule has 14 heavy (non-hydrogen) atoms. The largest absolute Gasteiger partial charge is 0.481 e. The Bertz CT molecular complexity index is 219. The third-order valence-electron chi connectivity index (χ3n) is 1.44. The highest BCUT2D eigenvalue weighted by atomic mass is 16.7. The summed E-state index contributed by atoms with van der Waals surface area (Å²) in [5.74, 6) is -2.89. The van der Waals surface area contributed by atoms with Gasteiger partial charge in [-0.2, -0.15) is 0 Å². The highest BCUT2D eigenvalue weighted by Gasteiger charge is 2.21. The van der Waals surface area contributed by atoms with Gasteiger partial charge in [-0.1, -0.05) is 20.8 Å². The van der Waals surface area contributed by atoms with E-state index in [2.05, 4.69) is 5.48 Å². The zero-order valence-electron chi connectivity index (χ0n) is 8.96. The summed E-state index contributed by atoms with van der Waals surface area (Å²) >= 11 is 0. The first-order valence-corrected chi connectivity index (χ1v) is 4.38. The predicted molar refractivity (Wildman–Crippen MR) is 50.3 cm³/mol. The Hall–Kier alpha value is -1.10. The molecule has 1 amide bonds. The van der Waals surface area contributed by atoms with Gasteiger partial charge in [-0.3, -0.25) is 14.4 Å². The molecule has 5 heteroatoms. The van der Waals surface area contributed by atoms with E-state index in [-0.39, 0.29) is 5.41 Å². The Labute approximate surface area is 83.4 Å². The van der Waals surface area contributed by atoms with E-state index in [0.29, 0.717) is 6.61 Å². The van der Waals surface area contributed by atoms with Crippen molar-refractivity contribution in [3.63, 3.8) is 0 Å². The van der Waals surface area contributed by atoms with Crippen LogP contribution in [0, 0.1) is 11.3 Å². The van der Waals surface area contributed by atoms with Crippen molar-refractivity contribution in [2.24, 2.45) is 11.3 Å². The molecule has 0 spiro atoms. The Kier molecular flexibility index (Phi) is 4.56. The monoisotopic (exact) mass is 203 g/mol. The van der Waals surface area contributed by atoms with Crippen LogP contribution in [0.4, 0.5) is 0 Å². The maximum Gasteiger partial charge on any atom is 0.315 e. The average molecular weight is 203 g/mol. The number of carboxylic acid groups (broad SMARTS) is 1. The molecule has 0 aliphatic rings. The lowest BCUT2D eigenvalue weighted by Crippen LogP contribution is -2.35. The average Bonchev–Trinajstić information content (AvgIpc) is 2.00. The standard InChI is InChI=1S/C9H17NO4/c1-6(8(12)13)7(11)10-14-5-9(2,3)4/h6H,5H2,1-4H3,(H,10,11)(H,12,13). The van der Waals surface area contributed by atoms with Crippen LogP contribution in [-0.2, 0) is 14.4 Å². The Morgan fingerprint density at radius 3 is 2.29 bits per heavy atom. The van der Waals surface area contributed by atoms with Gasteiger partial charge in [-0.25, -0.2) is 5.48 Å². The van der Waals surface area contributed by atoms with Gasteiger partial charge >= 0.3 is 5.97 Å². The van der Waals surface area contributed by atoms with Crippen LogP contribution in [0.15, 0.2) is 0 Å². The fourth-order valence-electron chi connectivity index (χ4n) is 0.524. The Morgan fingerprint density at radius 1 is 1.43 bits per heavy atom. The van der Waals surface area contributed by atoms with Gasteiger partial charge < -0.3 is 5.11 Å². The minimum absolute atomic E-state index is 0.0697. The molecule has 1 atom stereocenters. The molecule has 0 heterocycles. The highest BCUT2D eigenvalue weighted by Crippen LogP contribution is 2.11. The third-order valence-corrected chi connectivity index (χ3v) is 1.44. The molecule has 0 aromatic heterocycles. The van der Waals surface area contributed by atoms with E-state index < -0.39 is 17.8 Å². The zero-order valence-corrected chi connectivity index (χ0v) is 8.96. The summed E-state index contributed by atoms with van der Waals surface area (Å²) in [7, 11) is 0. The molecule has 0 aliphatic carbocycles. The number of aliphatic carboxylic acids is 1. The number of rotatable bonds is 4. The van der Waals surface area contributed by atoms with Crippen molar-refractivity contribution in [1.82, 2.24) is 5.48 Å². The maximum absolute atomic E-state index is 11.1. The second kappa shape index (κ2) is 4.95. The molecular formula is C9H17NO4. The molecular weight excluding hydrogens is 186 g/mol. The highest BCUT2D eigenvalue weighted by molar-refractivity contribution is 5.95. The van der Waals surface area contributed by atoms with Crippen molar-refractivity contribution in [2.75, 3.05) is 6.61 Å². The first-order chi connectivity index (χ1) is 6.24. The van der Waals surface area contributed by atoms with Gasteiger partial charge in [0.1, 0.15) is 5.92 Å². The van der Waals surface area contributed by atoms with Gasteiger partial charge in [0, 0.05) is 0 Å². The van der Waals surface area contributed by atoms with Crippen LogP contribution in [0.25, 0.3) is 0 Å². The quantitative estimate of drug-likeness (QED) is 0.523. The number of amides is 1. The van der Waals surface area contributed by atoms with Crippen molar-refractivity contribution < 1.29 is 19.5 Å². The number of hydroxylamine groups is 1. The van der Waals surface area contributed by atoms with Crippen LogP contribution in [0.2, 0.25) is 0 Å². The smallest absolute Gasteiger partial charge is 0.315 e. The predicted octanol–water partition coefficient (Wildman–Crippen LogP) is 0.801. The van der Waals surface area contributed by atoms with Crippen LogP contribution in [0.5, 0.6) is 0 Å². The molecule has 5 nitrogen and oxygen atoms in total. The molecule has 0 bridgehead atoms. The van der Waals surface area contributed by atoms with Gasteiger partial charge in [-0.05, 0) is 12.3 Å². The second-order valence-electron chi connectivity index (χ2n) is 4.38. The number of carbonyl (C=O) groups is 2. The van der Waals surface area contributed by atoms with Crippen LogP contribution in [0.3, 0.4) is 0 Å². The summed E-state index contributed by atoms with van der Waals surface area (Å²) in [5.41, 5.74) is 2.03. The van der Waals surface area contributed by atoms with Crippen molar-refractivity contribution in [3.05, 3.63) is 0 Å². The molecule has 0 aromatic carbocycles. The van der Waals surface area contributed by atoms with E-state index in [1.54, 1.807) is 0 Å². The SMILES string of the molecule is CC(C(=O)O)C(=O)NOCC(C)(C)C. The summed E-state index contributed by atoms with van der Waals surface area (Å²) in [4.78, 5) is 26.3. The van der Waals surface area contributed by atoms with Gasteiger partial charge in [-0.15, -0.1) is 0 Å². The summed E-state index contributed by atoms with van der Waals surface area (Å²) in [6.45, 7) is 7.47. The first-order valence-electron chi connectivity index (χ1n) is 4.38. The van der Waals surface area contributed by atoms with Gasteiger partial charge in [0.15, 0.2) is 0 Å². The van der Waals surface area contributed by atoms with E-state index in [1.807, 2.05) is 20.8 Å². The fourth-order valence-corrected chi connectivity index (χ4v) is 0.524. The van der Waals surface area contributed by atoms with E-state index in [9.17, 15) is 9.59 Å². The lowest BCUT2D eigenvalue weighted by Gasteiger charge is -2.18.